The predicted molar refractivity (Wildman–Crippen MR) is 53.3 cm³/mol. The van der Waals surface area contributed by atoms with Gasteiger partial charge in [-0.3, -0.25) is 0 Å². The molecule has 0 aromatic heterocycles. The van der Waals surface area contributed by atoms with Gasteiger partial charge in [-0.05, 0) is 26.3 Å². The fourth-order valence-corrected chi connectivity index (χ4v) is 2.14. The molecule has 2 atom stereocenters. The second kappa shape index (κ2) is 4.24. The highest BCUT2D eigenvalue weighted by atomic mass is 15.2. The second-order valence-corrected chi connectivity index (χ2v) is 4.62. The van der Waals surface area contributed by atoms with E-state index in [1.807, 2.05) is 0 Å². The lowest BCUT2D eigenvalue weighted by molar-refractivity contribution is 0.184. The molecule has 1 fully saturated rings. The Morgan fingerprint density at radius 1 is 1.42 bits per heavy atom. The van der Waals surface area contributed by atoms with E-state index >= 15 is 0 Å². The molecule has 0 bridgehead atoms. The van der Waals surface area contributed by atoms with E-state index < -0.39 is 0 Å². The smallest absolute Gasteiger partial charge is 0.0200 e. The van der Waals surface area contributed by atoms with Crippen molar-refractivity contribution in [3.63, 3.8) is 0 Å². The maximum Gasteiger partial charge on any atom is 0.0200 e. The zero-order chi connectivity index (χ0) is 9.14. The van der Waals surface area contributed by atoms with Crippen LogP contribution >= 0.6 is 0 Å². The van der Waals surface area contributed by atoms with E-state index in [2.05, 4.69) is 38.0 Å². The standard InChI is InChI=1S/C10H22N2/c1-8(2)5-10-7-12(4)6-9(3)11-10/h8-11H,5-7H2,1-4H3. The Hall–Kier alpha value is -0.0800. The van der Waals surface area contributed by atoms with Crippen molar-refractivity contribution in [1.82, 2.24) is 10.2 Å². The van der Waals surface area contributed by atoms with Gasteiger partial charge in [-0.15, -0.1) is 0 Å². The summed E-state index contributed by atoms with van der Waals surface area (Å²) < 4.78 is 0. The number of hydrogen-bond donors (Lipinski definition) is 1. The van der Waals surface area contributed by atoms with E-state index in [4.69, 9.17) is 0 Å². The van der Waals surface area contributed by atoms with E-state index in [0.29, 0.717) is 12.1 Å². The molecule has 2 nitrogen and oxygen atoms in total. The topological polar surface area (TPSA) is 15.3 Å². The number of rotatable bonds is 2. The summed E-state index contributed by atoms with van der Waals surface area (Å²) in [6, 6.07) is 1.37. The average molecular weight is 170 g/mol. The Balaban J connectivity index is 2.34. The van der Waals surface area contributed by atoms with E-state index in [0.717, 1.165) is 5.92 Å². The molecule has 0 amide bonds. The molecule has 1 rings (SSSR count). The quantitative estimate of drug-likeness (QED) is 0.672. The van der Waals surface area contributed by atoms with E-state index in [1.54, 1.807) is 0 Å². The van der Waals surface area contributed by atoms with Gasteiger partial charge in [-0.1, -0.05) is 13.8 Å². The minimum Gasteiger partial charge on any atom is -0.309 e. The summed E-state index contributed by atoms with van der Waals surface area (Å²) in [5.74, 6) is 0.807. The number of piperazine rings is 1. The second-order valence-electron chi connectivity index (χ2n) is 4.62. The molecular formula is C10H22N2. The van der Waals surface area contributed by atoms with Crippen LogP contribution in [0.1, 0.15) is 27.2 Å². The van der Waals surface area contributed by atoms with E-state index in [-0.39, 0.29) is 0 Å². The van der Waals surface area contributed by atoms with Gasteiger partial charge < -0.3 is 10.2 Å². The minimum absolute atomic E-state index is 0.660. The number of likely N-dealkylation sites (N-methyl/N-ethyl adjacent to an activating group) is 1. The fourth-order valence-electron chi connectivity index (χ4n) is 2.14. The maximum absolute atomic E-state index is 3.64. The van der Waals surface area contributed by atoms with Crippen molar-refractivity contribution in [3.8, 4) is 0 Å². The Labute approximate surface area is 76.3 Å². The van der Waals surface area contributed by atoms with E-state index in [9.17, 15) is 0 Å². The zero-order valence-corrected chi connectivity index (χ0v) is 8.80. The summed E-state index contributed by atoms with van der Waals surface area (Å²) in [7, 11) is 2.21. The van der Waals surface area contributed by atoms with Crippen molar-refractivity contribution in [2.24, 2.45) is 5.92 Å². The lowest BCUT2D eigenvalue weighted by Gasteiger charge is -2.36. The van der Waals surface area contributed by atoms with Crippen LogP contribution in [0, 0.1) is 5.92 Å². The van der Waals surface area contributed by atoms with Gasteiger partial charge in [0, 0.05) is 25.2 Å². The summed E-state index contributed by atoms with van der Waals surface area (Å²) in [6.07, 6.45) is 1.30. The van der Waals surface area contributed by atoms with Crippen molar-refractivity contribution in [1.29, 1.82) is 0 Å². The van der Waals surface area contributed by atoms with Crippen LogP contribution in [-0.4, -0.2) is 37.1 Å². The molecule has 12 heavy (non-hydrogen) atoms. The first-order valence-electron chi connectivity index (χ1n) is 5.02. The third-order valence-electron chi connectivity index (χ3n) is 2.39. The first-order valence-corrected chi connectivity index (χ1v) is 5.02. The molecule has 1 heterocycles. The molecule has 2 unspecified atom stereocenters. The summed E-state index contributed by atoms with van der Waals surface area (Å²) in [6.45, 7) is 9.25. The van der Waals surface area contributed by atoms with Crippen LogP contribution < -0.4 is 5.32 Å². The van der Waals surface area contributed by atoms with Gasteiger partial charge in [-0.25, -0.2) is 0 Å². The molecule has 0 radical (unpaired) electrons. The largest absolute Gasteiger partial charge is 0.309 e. The van der Waals surface area contributed by atoms with Gasteiger partial charge in [0.25, 0.3) is 0 Å². The van der Waals surface area contributed by atoms with Crippen LogP contribution in [0.25, 0.3) is 0 Å². The molecule has 1 N–H and O–H groups in total. The summed E-state index contributed by atoms with van der Waals surface area (Å²) in [5, 5.41) is 3.64. The lowest BCUT2D eigenvalue weighted by Crippen LogP contribution is -2.54. The first-order chi connectivity index (χ1) is 5.58. The summed E-state index contributed by atoms with van der Waals surface area (Å²) >= 11 is 0. The lowest BCUT2D eigenvalue weighted by atomic mass is 10.0. The molecule has 1 saturated heterocycles. The Bertz CT molecular complexity index is 121. The Kier molecular flexibility index (Phi) is 3.53. The highest BCUT2D eigenvalue weighted by molar-refractivity contribution is 4.82. The van der Waals surface area contributed by atoms with Crippen molar-refractivity contribution >= 4 is 0 Å². The minimum atomic E-state index is 0.660. The Morgan fingerprint density at radius 3 is 2.58 bits per heavy atom. The first kappa shape index (κ1) is 10.0. The summed E-state index contributed by atoms with van der Waals surface area (Å²) in [5.41, 5.74) is 0. The number of hydrogen-bond acceptors (Lipinski definition) is 2. The van der Waals surface area contributed by atoms with Crippen LogP contribution in [-0.2, 0) is 0 Å². The fraction of sp³-hybridized carbons (Fsp3) is 1.00. The molecule has 1 aliphatic heterocycles. The molecule has 2 heteroatoms. The maximum atomic E-state index is 3.64. The molecule has 72 valence electrons. The monoisotopic (exact) mass is 170 g/mol. The van der Waals surface area contributed by atoms with Crippen LogP contribution in [0.2, 0.25) is 0 Å². The van der Waals surface area contributed by atoms with E-state index in [1.165, 1.54) is 19.5 Å². The average Bonchev–Trinajstić information content (AvgIpc) is 1.81. The third kappa shape index (κ3) is 3.11. The van der Waals surface area contributed by atoms with Crippen molar-refractivity contribution in [3.05, 3.63) is 0 Å². The molecule has 0 spiro atoms. The van der Waals surface area contributed by atoms with Crippen LogP contribution in [0.3, 0.4) is 0 Å². The molecule has 0 saturated carbocycles. The normalized spacial score (nSPS) is 32.8. The summed E-state index contributed by atoms with van der Waals surface area (Å²) in [4.78, 5) is 2.42. The van der Waals surface area contributed by atoms with Crippen molar-refractivity contribution in [2.75, 3.05) is 20.1 Å². The predicted octanol–water partition coefficient (Wildman–Crippen LogP) is 1.32. The number of nitrogens with one attached hydrogen (secondary N) is 1. The highest BCUT2D eigenvalue weighted by Gasteiger charge is 2.21. The van der Waals surface area contributed by atoms with Crippen molar-refractivity contribution < 1.29 is 0 Å². The zero-order valence-electron chi connectivity index (χ0n) is 8.80. The molecule has 0 aromatic carbocycles. The van der Waals surface area contributed by atoms with Gasteiger partial charge in [0.05, 0.1) is 0 Å². The SMILES string of the molecule is CC(C)CC1CN(C)CC(C)N1. The van der Waals surface area contributed by atoms with Gasteiger partial charge in [0.1, 0.15) is 0 Å². The van der Waals surface area contributed by atoms with Gasteiger partial charge in [0.2, 0.25) is 0 Å². The molecule has 1 aliphatic rings. The van der Waals surface area contributed by atoms with Crippen LogP contribution in [0.15, 0.2) is 0 Å². The Morgan fingerprint density at radius 2 is 2.08 bits per heavy atom. The van der Waals surface area contributed by atoms with Crippen LogP contribution in [0.4, 0.5) is 0 Å². The van der Waals surface area contributed by atoms with Gasteiger partial charge in [-0.2, -0.15) is 0 Å². The molecule has 0 aromatic rings. The third-order valence-corrected chi connectivity index (χ3v) is 2.39. The van der Waals surface area contributed by atoms with Gasteiger partial charge >= 0.3 is 0 Å². The highest BCUT2D eigenvalue weighted by Crippen LogP contribution is 2.10. The van der Waals surface area contributed by atoms with Crippen LogP contribution in [0.5, 0.6) is 0 Å². The number of nitrogens with zero attached hydrogens (tertiary/aromatic N) is 1. The molecule has 0 aliphatic carbocycles. The van der Waals surface area contributed by atoms with Crippen molar-refractivity contribution in [2.45, 2.75) is 39.3 Å². The van der Waals surface area contributed by atoms with Gasteiger partial charge in [0.15, 0.2) is 0 Å². The molecular weight excluding hydrogens is 148 g/mol.